The molecule has 2 aliphatic rings. The van der Waals surface area contributed by atoms with E-state index in [2.05, 4.69) is 6.92 Å². The highest BCUT2D eigenvalue weighted by atomic mass is 16.3. The van der Waals surface area contributed by atoms with Gasteiger partial charge in [-0.25, -0.2) is 0 Å². The third kappa shape index (κ3) is 3.93. The number of anilines is 1. The topological polar surface area (TPSA) is 60.9 Å². The van der Waals surface area contributed by atoms with E-state index in [-0.39, 0.29) is 24.5 Å². The van der Waals surface area contributed by atoms with Gasteiger partial charge in [-0.2, -0.15) is 0 Å². The first-order chi connectivity index (χ1) is 12.1. The predicted molar refractivity (Wildman–Crippen MR) is 98.0 cm³/mol. The van der Waals surface area contributed by atoms with Gasteiger partial charge in [-0.1, -0.05) is 19.1 Å². The number of hydrogen-bond acceptors (Lipinski definition) is 3. The molecule has 2 unspecified atom stereocenters. The average Bonchev–Trinajstić information content (AvgIpc) is 3.06. The van der Waals surface area contributed by atoms with Crippen LogP contribution in [0.1, 0.15) is 38.2 Å². The Hall–Kier alpha value is -2.14. The van der Waals surface area contributed by atoms with E-state index in [1.165, 1.54) is 0 Å². The third-order valence-corrected chi connectivity index (χ3v) is 5.28. The molecule has 2 atom stereocenters. The fourth-order valence-corrected chi connectivity index (χ4v) is 3.75. The summed E-state index contributed by atoms with van der Waals surface area (Å²) in [5.41, 5.74) is 1.84. The van der Waals surface area contributed by atoms with Crippen LogP contribution in [0.4, 0.5) is 5.69 Å². The van der Waals surface area contributed by atoms with Crippen molar-refractivity contribution < 1.29 is 14.7 Å². The zero-order valence-corrected chi connectivity index (χ0v) is 14.7. The smallest absolute Gasteiger partial charge is 0.246 e. The molecule has 0 aliphatic carbocycles. The summed E-state index contributed by atoms with van der Waals surface area (Å²) < 4.78 is 0. The van der Waals surface area contributed by atoms with Crippen molar-refractivity contribution in [1.82, 2.24) is 4.90 Å². The minimum atomic E-state index is -0.0885. The van der Waals surface area contributed by atoms with Crippen LogP contribution in [0, 0.1) is 5.92 Å². The lowest BCUT2D eigenvalue weighted by atomic mass is 9.91. The summed E-state index contributed by atoms with van der Waals surface area (Å²) in [5, 5.41) is 9.57. The van der Waals surface area contributed by atoms with Crippen molar-refractivity contribution in [3.8, 4) is 0 Å². The molecule has 0 bridgehead atoms. The first kappa shape index (κ1) is 17.7. The van der Waals surface area contributed by atoms with Gasteiger partial charge in [0.15, 0.2) is 0 Å². The van der Waals surface area contributed by atoms with E-state index in [9.17, 15) is 14.7 Å². The number of carbonyl (C=O) groups excluding carboxylic acids is 2. The van der Waals surface area contributed by atoms with Gasteiger partial charge in [0.05, 0.1) is 12.6 Å². The van der Waals surface area contributed by atoms with E-state index < -0.39 is 0 Å². The Kier molecular flexibility index (Phi) is 5.53. The van der Waals surface area contributed by atoms with Gasteiger partial charge in [0.2, 0.25) is 11.8 Å². The predicted octanol–water partition coefficient (Wildman–Crippen LogP) is 2.45. The minimum absolute atomic E-state index is 0.0132. The average molecular weight is 342 g/mol. The molecule has 25 heavy (non-hydrogen) atoms. The molecule has 0 radical (unpaired) electrons. The maximum atomic E-state index is 12.5. The van der Waals surface area contributed by atoms with Gasteiger partial charge in [-0.3, -0.25) is 9.59 Å². The van der Waals surface area contributed by atoms with Gasteiger partial charge < -0.3 is 14.9 Å². The highest BCUT2D eigenvalue weighted by Crippen LogP contribution is 2.24. The summed E-state index contributed by atoms with van der Waals surface area (Å²) in [5.74, 6) is 0.450. The zero-order valence-electron chi connectivity index (χ0n) is 14.7. The van der Waals surface area contributed by atoms with Crippen molar-refractivity contribution in [1.29, 1.82) is 0 Å². The van der Waals surface area contributed by atoms with E-state index in [0.717, 1.165) is 37.1 Å². The Morgan fingerprint density at radius 3 is 2.64 bits per heavy atom. The number of carbonyl (C=O) groups is 2. The van der Waals surface area contributed by atoms with Crippen molar-refractivity contribution in [2.24, 2.45) is 5.92 Å². The molecule has 1 N–H and O–H groups in total. The number of benzene rings is 1. The van der Waals surface area contributed by atoms with Crippen LogP contribution in [0.15, 0.2) is 30.3 Å². The van der Waals surface area contributed by atoms with E-state index in [1.54, 1.807) is 22.0 Å². The molecule has 5 heteroatoms. The number of nitrogens with zero attached hydrogens (tertiary/aromatic N) is 2. The van der Waals surface area contributed by atoms with Crippen molar-refractivity contribution in [3.63, 3.8) is 0 Å². The van der Waals surface area contributed by atoms with Gasteiger partial charge in [0, 0.05) is 31.3 Å². The second-order valence-electron chi connectivity index (χ2n) is 6.97. The number of likely N-dealkylation sites (tertiary alicyclic amines) is 1. The molecule has 2 fully saturated rings. The molecule has 2 saturated heterocycles. The highest BCUT2D eigenvalue weighted by molar-refractivity contribution is 5.95. The molecule has 5 nitrogen and oxygen atoms in total. The number of piperidine rings is 1. The molecule has 0 saturated carbocycles. The summed E-state index contributed by atoms with van der Waals surface area (Å²) in [4.78, 5) is 27.8. The number of amides is 2. The Bertz CT molecular complexity index is 653. The molecule has 2 heterocycles. The fraction of sp³-hybridized carbons (Fsp3) is 0.500. The van der Waals surface area contributed by atoms with Crippen molar-refractivity contribution in [2.75, 3.05) is 24.6 Å². The summed E-state index contributed by atoms with van der Waals surface area (Å²) >= 11 is 0. The second kappa shape index (κ2) is 7.83. The van der Waals surface area contributed by atoms with Crippen LogP contribution < -0.4 is 4.90 Å². The van der Waals surface area contributed by atoms with Gasteiger partial charge in [0.1, 0.15) is 0 Å². The van der Waals surface area contributed by atoms with E-state index in [0.29, 0.717) is 18.9 Å². The molecule has 0 spiro atoms. The lowest BCUT2D eigenvalue weighted by Crippen LogP contribution is -2.49. The van der Waals surface area contributed by atoms with Gasteiger partial charge in [0.25, 0.3) is 0 Å². The van der Waals surface area contributed by atoms with Gasteiger partial charge in [-0.15, -0.1) is 0 Å². The summed E-state index contributed by atoms with van der Waals surface area (Å²) in [6.45, 7) is 3.58. The number of aliphatic hydroxyl groups excluding tert-OH is 1. The molecule has 3 rings (SSSR count). The molecule has 0 aromatic heterocycles. The normalized spacial score (nSPS) is 24.3. The summed E-state index contributed by atoms with van der Waals surface area (Å²) in [6.07, 6.45) is 6.94. The summed E-state index contributed by atoms with van der Waals surface area (Å²) in [7, 11) is 0. The first-order valence-electron chi connectivity index (χ1n) is 9.10. The summed E-state index contributed by atoms with van der Waals surface area (Å²) in [6, 6.07) is 7.61. The highest BCUT2D eigenvalue weighted by Gasteiger charge is 2.30. The van der Waals surface area contributed by atoms with Crippen LogP contribution in [-0.2, 0) is 9.59 Å². The molecule has 2 aliphatic heterocycles. The second-order valence-corrected chi connectivity index (χ2v) is 6.97. The monoisotopic (exact) mass is 342 g/mol. The lowest BCUT2D eigenvalue weighted by Gasteiger charge is -2.38. The molecular formula is C20H26N2O3. The number of rotatable bonds is 4. The molecule has 1 aromatic rings. The van der Waals surface area contributed by atoms with Crippen LogP contribution in [-0.4, -0.2) is 47.6 Å². The van der Waals surface area contributed by atoms with Gasteiger partial charge >= 0.3 is 0 Å². The first-order valence-corrected chi connectivity index (χ1v) is 9.10. The number of aliphatic hydroxyl groups is 1. The lowest BCUT2D eigenvalue weighted by molar-refractivity contribution is -0.132. The fourth-order valence-electron chi connectivity index (χ4n) is 3.75. The van der Waals surface area contributed by atoms with Crippen LogP contribution >= 0.6 is 0 Å². The SMILES string of the molecule is CC1CCCN(C(=O)/C=C/c2ccc(N3CCCC3=O)cc2)C1CO. The third-order valence-electron chi connectivity index (χ3n) is 5.28. The molecular weight excluding hydrogens is 316 g/mol. The number of hydrogen-bond donors (Lipinski definition) is 1. The van der Waals surface area contributed by atoms with Crippen molar-refractivity contribution >= 4 is 23.6 Å². The van der Waals surface area contributed by atoms with Crippen LogP contribution in [0.25, 0.3) is 6.08 Å². The quantitative estimate of drug-likeness (QED) is 0.855. The Morgan fingerprint density at radius 1 is 1.24 bits per heavy atom. The largest absolute Gasteiger partial charge is 0.394 e. The van der Waals surface area contributed by atoms with Gasteiger partial charge in [-0.05, 0) is 49.0 Å². The maximum absolute atomic E-state index is 12.5. The van der Waals surface area contributed by atoms with E-state index in [1.807, 2.05) is 24.3 Å². The van der Waals surface area contributed by atoms with Crippen LogP contribution in [0.2, 0.25) is 0 Å². The molecule has 2 amide bonds. The van der Waals surface area contributed by atoms with Crippen LogP contribution in [0.5, 0.6) is 0 Å². The van der Waals surface area contributed by atoms with E-state index >= 15 is 0 Å². The Balaban J connectivity index is 1.65. The van der Waals surface area contributed by atoms with Crippen molar-refractivity contribution in [2.45, 2.75) is 38.6 Å². The maximum Gasteiger partial charge on any atom is 0.246 e. The zero-order chi connectivity index (χ0) is 17.8. The molecule has 134 valence electrons. The Morgan fingerprint density at radius 2 is 2.00 bits per heavy atom. The Labute approximate surface area is 148 Å². The molecule has 1 aromatic carbocycles. The minimum Gasteiger partial charge on any atom is -0.394 e. The van der Waals surface area contributed by atoms with Crippen LogP contribution in [0.3, 0.4) is 0 Å². The standard InChI is InChI=1S/C20H26N2O3/c1-15-4-2-13-22(18(15)14-23)20(25)11-8-16-6-9-17(10-7-16)21-12-3-5-19(21)24/h6-11,15,18,23H,2-5,12-14H2,1H3/b11-8+. The van der Waals surface area contributed by atoms with E-state index in [4.69, 9.17) is 0 Å². The van der Waals surface area contributed by atoms with Crippen molar-refractivity contribution in [3.05, 3.63) is 35.9 Å².